The van der Waals surface area contributed by atoms with E-state index in [1.54, 1.807) is 37.8 Å². The predicted molar refractivity (Wildman–Crippen MR) is 120 cm³/mol. The molecule has 0 bridgehead atoms. The first-order chi connectivity index (χ1) is 15.7. The highest BCUT2D eigenvalue weighted by molar-refractivity contribution is 8.06. The molecule has 2 aliphatic heterocycles. The summed E-state index contributed by atoms with van der Waals surface area (Å²) in [4.78, 5) is 43.8. The van der Waals surface area contributed by atoms with Gasteiger partial charge in [-0.3, -0.25) is 4.79 Å². The fourth-order valence-corrected chi connectivity index (χ4v) is 5.57. The summed E-state index contributed by atoms with van der Waals surface area (Å²) in [6.45, 7) is 5.87. The van der Waals surface area contributed by atoms with E-state index >= 15 is 0 Å². The van der Waals surface area contributed by atoms with Gasteiger partial charge in [-0.1, -0.05) is 18.7 Å². The number of aliphatic hydroxyl groups is 2. The molecule has 4 atom stereocenters. The first-order valence-corrected chi connectivity index (χ1v) is 12.1. The molecule has 0 aromatic carbocycles. The molecule has 1 aromatic heterocycles. The van der Waals surface area contributed by atoms with Crippen molar-refractivity contribution in [3.63, 3.8) is 0 Å². The molecule has 2 N–H and O–H groups in total. The van der Waals surface area contributed by atoms with Gasteiger partial charge in [-0.15, -0.1) is 11.3 Å². The summed E-state index contributed by atoms with van der Waals surface area (Å²) in [6, 6.07) is -0.376. The van der Waals surface area contributed by atoms with Gasteiger partial charge in [0.2, 0.25) is 12.7 Å². The van der Waals surface area contributed by atoms with E-state index in [0.29, 0.717) is 10.6 Å². The number of thioether (sulfide) groups is 1. The lowest BCUT2D eigenvalue weighted by Crippen LogP contribution is -2.63. The molecule has 0 unspecified atom stereocenters. The molecule has 0 aliphatic carbocycles. The summed E-state index contributed by atoms with van der Waals surface area (Å²) >= 11 is 2.61. The monoisotopic (exact) mass is 498 g/mol. The number of thiazole rings is 1. The van der Waals surface area contributed by atoms with Crippen LogP contribution in [0.2, 0.25) is 0 Å². The molecule has 0 saturated carbocycles. The third-order valence-electron chi connectivity index (χ3n) is 5.24. The summed E-state index contributed by atoms with van der Waals surface area (Å²) in [5, 5.41) is 21.1. The van der Waals surface area contributed by atoms with Gasteiger partial charge in [0.1, 0.15) is 5.70 Å². The third kappa shape index (κ3) is 5.24. The van der Waals surface area contributed by atoms with Crippen LogP contribution in [0.25, 0.3) is 6.08 Å². The maximum absolute atomic E-state index is 12.9. The highest BCUT2D eigenvalue weighted by Gasteiger charge is 2.60. The van der Waals surface area contributed by atoms with Gasteiger partial charge in [0.05, 0.1) is 46.9 Å². The van der Waals surface area contributed by atoms with Gasteiger partial charge in [0.15, 0.2) is 0 Å². The molecule has 3 rings (SSSR count). The van der Waals surface area contributed by atoms with Crippen molar-refractivity contribution < 1.29 is 38.8 Å². The molecule has 10 nitrogen and oxygen atoms in total. The van der Waals surface area contributed by atoms with Crippen LogP contribution in [-0.4, -0.2) is 63.2 Å². The van der Waals surface area contributed by atoms with Crippen LogP contribution in [0.3, 0.4) is 0 Å². The van der Waals surface area contributed by atoms with Crippen molar-refractivity contribution in [3.8, 4) is 0 Å². The number of nitrogens with zero attached hydrogens (tertiary/aromatic N) is 2. The number of amides is 1. The Morgan fingerprint density at radius 2 is 2.06 bits per heavy atom. The number of aromatic nitrogens is 1. The van der Waals surface area contributed by atoms with E-state index in [0.717, 1.165) is 4.88 Å². The Morgan fingerprint density at radius 3 is 2.70 bits per heavy atom. The standard InChI is InChI=1S/C21H26N2O8S2/c1-10(2)31-21(28)30-9-29-20(27)17-18(32-6-5-14-13(7-24)22-8-33-14)11(3)16-15(12(4)25)19(26)23(16)17/h5-6,8,10-12,15-16,24-25H,7,9H2,1-4H3/b6-5-/t11-,12-,15-,16-/m1/s1. The number of aliphatic hydroxyl groups excluding tert-OH is 2. The van der Waals surface area contributed by atoms with E-state index in [2.05, 4.69) is 4.98 Å². The second kappa shape index (κ2) is 10.7. The maximum atomic E-state index is 12.9. The SMILES string of the molecule is CC(C)OC(=O)OCOC(=O)C1=C(S/C=C\c2scnc2CO)[C@H](C)[C@@H]2[C@@H]([C@@H](C)O)C(=O)N12. The maximum Gasteiger partial charge on any atom is 0.511 e. The average molecular weight is 499 g/mol. The van der Waals surface area contributed by atoms with Crippen LogP contribution in [0.4, 0.5) is 4.79 Å². The number of ether oxygens (including phenoxy) is 3. The summed E-state index contributed by atoms with van der Waals surface area (Å²) in [6.07, 6.45) is -0.453. The Balaban J connectivity index is 1.78. The quantitative estimate of drug-likeness (QED) is 0.297. The zero-order chi connectivity index (χ0) is 24.3. The number of fused-ring (bicyclic) bond motifs is 1. The van der Waals surface area contributed by atoms with E-state index in [1.165, 1.54) is 28.0 Å². The molecule has 1 amide bonds. The van der Waals surface area contributed by atoms with E-state index < -0.39 is 30.9 Å². The fraction of sp³-hybridized carbons (Fsp3) is 0.524. The van der Waals surface area contributed by atoms with Crippen molar-refractivity contribution in [1.82, 2.24) is 9.88 Å². The molecule has 1 saturated heterocycles. The van der Waals surface area contributed by atoms with Crippen molar-refractivity contribution >= 4 is 47.2 Å². The minimum absolute atomic E-state index is 0.0663. The van der Waals surface area contributed by atoms with Crippen molar-refractivity contribution in [2.24, 2.45) is 11.8 Å². The average Bonchev–Trinajstić information content (AvgIpc) is 3.28. The van der Waals surface area contributed by atoms with Gasteiger partial charge in [-0.25, -0.2) is 14.6 Å². The summed E-state index contributed by atoms with van der Waals surface area (Å²) in [5.41, 5.74) is 2.23. The van der Waals surface area contributed by atoms with Gasteiger partial charge in [-0.2, -0.15) is 0 Å². The van der Waals surface area contributed by atoms with E-state index in [-0.39, 0.29) is 36.3 Å². The van der Waals surface area contributed by atoms with Crippen molar-refractivity contribution in [3.05, 3.63) is 32.1 Å². The number of carbonyl (C=O) groups is 3. The molecule has 180 valence electrons. The lowest BCUT2D eigenvalue weighted by atomic mass is 9.79. The number of β-lactam (4-membered cyclic amide) rings is 1. The van der Waals surface area contributed by atoms with Crippen molar-refractivity contribution in [2.45, 2.75) is 52.6 Å². The fourth-order valence-electron chi connectivity index (χ4n) is 3.80. The molecule has 1 fully saturated rings. The van der Waals surface area contributed by atoms with E-state index in [1.807, 2.05) is 6.92 Å². The first kappa shape index (κ1) is 25.2. The summed E-state index contributed by atoms with van der Waals surface area (Å²) in [5.74, 6) is -2.03. The molecule has 2 aliphatic rings. The Hall–Kier alpha value is -2.41. The highest BCUT2D eigenvalue weighted by atomic mass is 32.2. The second-order valence-corrected chi connectivity index (χ2v) is 9.65. The lowest BCUT2D eigenvalue weighted by molar-refractivity contribution is -0.166. The third-order valence-corrected chi connectivity index (χ3v) is 7.17. The predicted octanol–water partition coefficient (Wildman–Crippen LogP) is 2.47. The molecule has 1 aromatic rings. The smallest absolute Gasteiger partial charge is 0.431 e. The molecule has 3 heterocycles. The lowest BCUT2D eigenvalue weighted by Gasteiger charge is -2.46. The molecule has 33 heavy (non-hydrogen) atoms. The number of carbonyl (C=O) groups excluding carboxylic acids is 3. The zero-order valence-corrected chi connectivity index (χ0v) is 20.2. The van der Waals surface area contributed by atoms with Gasteiger partial charge < -0.3 is 29.3 Å². The Labute approximate surface area is 199 Å². The van der Waals surface area contributed by atoms with Crippen molar-refractivity contribution in [2.75, 3.05) is 6.79 Å². The molecular formula is C21H26N2O8S2. The van der Waals surface area contributed by atoms with Gasteiger partial charge in [-0.05, 0) is 32.3 Å². The minimum Gasteiger partial charge on any atom is -0.431 e. The largest absolute Gasteiger partial charge is 0.511 e. The molecule has 0 spiro atoms. The number of hydrogen-bond donors (Lipinski definition) is 2. The zero-order valence-electron chi connectivity index (χ0n) is 18.6. The second-order valence-electron chi connectivity index (χ2n) is 7.82. The highest BCUT2D eigenvalue weighted by Crippen LogP contribution is 2.51. The number of hydrogen-bond acceptors (Lipinski definition) is 11. The minimum atomic E-state index is -0.972. The topological polar surface area (TPSA) is 135 Å². The molecule has 12 heteroatoms. The first-order valence-electron chi connectivity index (χ1n) is 10.3. The van der Waals surface area contributed by atoms with Gasteiger partial charge in [0, 0.05) is 10.8 Å². The van der Waals surface area contributed by atoms with Crippen LogP contribution in [0, 0.1) is 11.8 Å². The van der Waals surface area contributed by atoms with Crippen LogP contribution in [0.1, 0.15) is 38.3 Å². The normalized spacial score (nSPS) is 23.1. The van der Waals surface area contributed by atoms with E-state index in [9.17, 15) is 24.6 Å². The Kier molecular flexibility index (Phi) is 8.16. The number of esters is 1. The van der Waals surface area contributed by atoms with E-state index in [4.69, 9.17) is 14.2 Å². The van der Waals surface area contributed by atoms with Gasteiger partial charge in [0.25, 0.3) is 0 Å². The van der Waals surface area contributed by atoms with Gasteiger partial charge >= 0.3 is 12.1 Å². The Bertz CT molecular complexity index is 971. The van der Waals surface area contributed by atoms with Crippen LogP contribution < -0.4 is 0 Å². The Morgan fingerprint density at radius 1 is 1.33 bits per heavy atom. The number of rotatable bonds is 9. The molecular weight excluding hydrogens is 472 g/mol. The summed E-state index contributed by atoms with van der Waals surface area (Å²) in [7, 11) is 0. The van der Waals surface area contributed by atoms with Crippen LogP contribution in [0.5, 0.6) is 0 Å². The van der Waals surface area contributed by atoms with Crippen molar-refractivity contribution in [1.29, 1.82) is 0 Å². The van der Waals surface area contributed by atoms with Crippen LogP contribution in [0.15, 0.2) is 21.5 Å². The summed E-state index contributed by atoms with van der Waals surface area (Å²) < 4.78 is 14.7. The van der Waals surface area contributed by atoms with Crippen LogP contribution in [-0.2, 0) is 30.4 Å². The van der Waals surface area contributed by atoms with Crippen LogP contribution >= 0.6 is 23.1 Å². The molecule has 0 radical (unpaired) electrons.